The van der Waals surface area contributed by atoms with E-state index in [1.54, 1.807) is 12.1 Å². The summed E-state index contributed by atoms with van der Waals surface area (Å²) in [6.07, 6.45) is 2.16. The lowest BCUT2D eigenvalue weighted by molar-refractivity contribution is 0.323. The third-order valence-corrected chi connectivity index (χ3v) is 5.93. The van der Waals surface area contributed by atoms with Crippen LogP contribution in [0.4, 0.5) is 5.69 Å². The second kappa shape index (κ2) is 6.77. The lowest BCUT2D eigenvalue weighted by Crippen LogP contribution is -2.41. The second-order valence-electron chi connectivity index (χ2n) is 5.58. The summed E-state index contributed by atoms with van der Waals surface area (Å²) in [4.78, 5) is 2.55. The molecule has 6 heteroatoms. The summed E-state index contributed by atoms with van der Waals surface area (Å²) in [5.41, 5.74) is 0.808. The lowest BCUT2D eigenvalue weighted by atomic mass is 9.90. The minimum Gasteiger partial charge on any atom is -0.370 e. The van der Waals surface area contributed by atoms with Crippen LogP contribution in [0.3, 0.4) is 0 Å². The molecule has 1 fully saturated rings. The average Bonchev–Trinajstić information content (AvgIpc) is 2.54. The highest BCUT2D eigenvalue weighted by molar-refractivity contribution is 7.89. The first-order valence-corrected chi connectivity index (χ1v) is 8.92. The molecule has 1 heterocycles. The van der Waals surface area contributed by atoms with E-state index in [-0.39, 0.29) is 0 Å². The molecule has 21 heavy (non-hydrogen) atoms. The van der Waals surface area contributed by atoms with Crippen molar-refractivity contribution in [3.8, 4) is 0 Å². The van der Waals surface area contributed by atoms with E-state index in [9.17, 15) is 8.42 Å². The van der Waals surface area contributed by atoms with Crippen LogP contribution in [0, 0.1) is 5.92 Å². The van der Waals surface area contributed by atoms with Crippen LogP contribution in [0.1, 0.15) is 19.8 Å². The Labute approximate surface area is 127 Å². The summed E-state index contributed by atoms with van der Waals surface area (Å²) >= 11 is 0. The topological polar surface area (TPSA) is 61.4 Å². The molecular formula is C15H25N3O2S. The highest BCUT2D eigenvalue weighted by Crippen LogP contribution is 2.29. The van der Waals surface area contributed by atoms with Gasteiger partial charge in [0.1, 0.15) is 4.90 Å². The largest absolute Gasteiger partial charge is 0.370 e. The fourth-order valence-electron chi connectivity index (χ4n) is 2.93. The lowest BCUT2D eigenvalue weighted by Gasteiger charge is -2.36. The van der Waals surface area contributed by atoms with Gasteiger partial charge in [-0.1, -0.05) is 12.1 Å². The fourth-order valence-corrected chi connectivity index (χ4v) is 3.88. The molecule has 1 aliphatic heterocycles. The summed E-state index contributed by atoms with van der Waals surface area (Å²) < 4.78 is 26.7. The minimum absolute atomic E-state index is 0.368. The summed E-state index contributed by atoms with van der Waals surface area (Å²) in [5, 5.41) is 3.31. The van der Waals surface area contributed by atoms with E-state index < -0.39 is 10.0 Å². The Balaban J connectivity index is 2.18. The van der Waals surface area contributed by atoms with E-state index in [1.807, 2.05) is 19.2 Å². The number of nitrogens with zero attached hydrogens (tertiary/aromatic N) is 1. The highest BCUT2D eigenvalue weighted by Gasteiger charge is 2.26. The number of hydrogen-bond acceptors (Lipinski definition) is 4. The molecule has 5 nitrogen and oxygen atoms in total. The zero-order valence-electron chi connectivity index (χ0n) is 13.0. The Hall–Kier alpha value is -1.11. The molecular weight excluding hydrogens is 286 g/mol. The van der Waals surface area contributed by atoms with Gasteiger partial charge in [-0.25, -0.2) is 13.1 Å². The van der Waals surface area contributed by atoms with Gasteiger partial charge < -0.3 is 10.2 Å². The summed E-state index contributed by atoms with van der Waals surface area (Å²) in [6.45, 7) is 4.00. The Bertz CT molecular complexity index is 566. The van der Waals surface area contributed by atoms with E-state index in [4.69, 9.17) is 0 Å². The molecule has 0 aromatic heterocycles. The number of nitrogens with one attached hydrogen (secondary N) is 2. The zero-order valence-corrected chi connectivity index (χ0v) is 13.8. The van der Waals surface area contributed by atoms with Gasteiger partial charge in [-0.15, -0.1) is 0 Å². The van der Waals surface area contributed by atoms with Crippen molar-refractivity contribution in [3.05, 3.63) is 24.3 Å². The molecule has 1 aromatic rings. The van der Waals surface area contributed by atoms with E-state index >= 15 is 0 Å². The second-order valence-corrected chi connectivity index (χ2v) is 7.43. The van der Waals surface area contributed by atoms with Gasteiger partial charge in [0.2, 0.25) is 10.0 Å². The molecule has 0 bridgehead atoms. The first kappa shape index (κ1) is 16.3. The first-order valence-electron chi connectivity index (χ1n) is 7.44. The number of anilines is 1. The molecule has 0 radical (unpaired) electrons. The van der Waals surface area contributed by atoms with Gasteiger partial charge >= 0.3 is 0 Å². The molecule has 1 aliphatic rings. The Kier molecular flexibility index (Phi) is 5.24. The maximum absolute atomic E-state index is 12.1. The van der Waals surface area contributed by atoms with Gasteiger partial charge in [-0.05, 0) is 51.9 Å². The van der Waals surface area contributed by atoms with Crippen LogP contribution in [0.15, 0.2) is 29.2 Å². The van der Waals surface area contributed by atoms with Crippen molar-refractivity contribution in [2.45, 2.75) is 30.7 Å². The number of hydrogen-bond donors (Lipinski definition) is 2. The average molecular weight is 311 g/mol. The number of piperidine rings is 1. The molecule has 0 spiro atoms. The van der Waals surface area contributed by atoms with Gasteiger partial charge in [0, 0.05) is 19.1 Å². The Morgan fingerprint density at radius 2 is 1.81 bits per heavy atom. The van der Waals surface area contributed by atoms with Crippen molar-refractivity contribution >= 4 is 15.7 Å². The van der Waals surface area contributed by atoms with Crippen molar-refractivity contribution in [1.82, 2.24) is 10.0 Å². The van der Waals surface area contributed by atoms with E-state index in [0.717, 1.165) is 31.6 Å². The predicted molar refractivity (Wildman–Crippen MR) is 86.1 cm³/mol. The van der Waals surface area contributed by atoms with Crippen LogP contribution in [-0.4, -0.2) is 41.6 Å². The molecule has 0 aliphatic carbocycles. The van der Waals surface area contributed by atoms with E-state index in [0.29, 0.717) is 16.9 Å². The third kappa shape index (κ3) is 3.56. The van der Waals surface area contributed by atoms with Gasteiger partial charge in [-0.3, -0.25) is 0 Å². The molecule has 1 atom stereocenters. The highest BCUT2D eigenvalue weighted by atomic mass is 32.2. The standard InChI is InChI=1S/C15H25N3O2S/c1-12(16-2)13-8-10-18(11-9-13)14-6-4-5-7-15(14)21(19,20)17-3/h4-7,12-13,16-17H,8-11H2,1-3H3. The van der Waals surface area contributed by atoms with E-state index in [2.05, 4.69) is 21.9 Å². The van der Waals surface area contributed by atoms with Gasteiger partial charge in [0.05, 0.1) is 5.69 Å². The molecule has 0 saturated carbocycles. The van der Waals surface area contributed by atoms with Crippen molar-refractivity contribution in [2.24, 2.45) is 5.92 Å². The maximum atomic E-state index is 12.1. The predicted octanol–water partition coefficient (Wildman–Crippen LogP) is 1.42. The zero-order chi connectivity index (χ0) is 15.5. The van der Waals surface area contributed by atoms with Crippen LogP contribution in [0.5, 0.6) is 0 Å². The molecule has 1 unspecified atom stereocenters. The van der Waals surface area contributed by atoms with Crippen molar-refractivity contribution in [1.29, 1.82) is 0 Å². The fraction of sp³-hybridized carbons (Fsp3) is 0.600. The molecule has 0 amide bonds. The molecule has 1 saturated heterocycles. The van der Waals surface area contributed by atoms with Gasteiger partial charge in [0.15, 0.2) is 0 Å². The first-order chi connectivity index (χ1) is 9.99. The molecule has 118 valence electrons. The monoisotopic (exact) mass is 311 g/mol. The van der Waals surface area contributed by atoms with E-state index in [1.165, 1.54) is 7.05 Å². The van der Waals surface area contributed by atoms with Crippen LogP contribution in [0.25, 0.3) is 0 Å². The Morgan fingerprint density at radius 3 is 2.38 bits per heavy atom. The summed E-state index contributed by atoms with van der Waals surface area (Å²) in [5.74, 6) is 0.652. The van der Waals surface area contributed by atoms with Crippen LogP contribution < -0.4 is 14.9 Å². The summed E-state index contributed by atoms with van der Waals surface area (Å²) in [6, 6.07) is 7.73. The number of benzene rings is 1. The SMILES string of the molecule is CNC(C)C1CCN(c2ccccc2S(=O)(=O)NC)CC1. The summed E-state index contributed by atoms with van der Waals surface area (Å²) in [7, 11) is 0.0265. The normalized spacial score (nSPS) is 18.7. The molecule has 2 rings (SSSR count). The molecule has 2 N–H and O–H groups in total. The Morgan fingerprint density at radius 1 is 1.19 bits per heavy atom. The van der Waals surface area contributed by atoms with Crippen molar-refractivity contribution in [2.75, 3.05) is 32.1 Å². The number of rotatable bonds is 5. The quantitative estimate of drug-likeness (QED) is 0.863. The maximum Gasteiger partial charge on any atom is 0.242 e. The van der Waals surface area contributed by atoms with Gasteiger partial charge in [0.25, 0.3) is 0 Å². The third-order valence-electron chi connectivity index (χ3n) is 4.47. The van der Waals surface area contributed by atoms with Crippen molar-refractivity contribution < 1.29 is 8.42 Å². The number of sulfonamides is 1. The van der Waals surface area contributed by atoms with Crippen molar-refractivity contribution in [3.63, 3.8) is 0 Å². The molecule has 1 aromatic carbocycles. The van der Waals surface area contributed by atoms with Crippen LogP contribution in [-0.2, 0) is 10.0 Å². The minimum atomic E-state index is -3.42. The van der Waals surface area contributed by atoms with Gasteiger partial charge in [-0.2, -0.15) is 0 Å². The van der Waals surface area contributed by atoms with Crippen LogP contribution >= 0.6 is 0 Å². The van der Waals surface area contributed by atoms with Crippen LogP contribution in [0.2, 0.25) is 0 Å². The smallest absolute Gasteiger partial charge is 0.242 e. The number of para-hydroxylation sites is 1.